The van der Waals surface area contributed by atoms with Gasteiger partial charge in [0.1, 0.15) is 5.76 Å². The maximum atomic E-state index is 14.2. The van der Waals surface area contributed by atoms with E-state index >= 15 is 0 Å². The van der Waals surface area contributed by atoms with Gasteiger partial charge in [0.2, 0.25) is 6.79 Å². The van der Waals surface area contributed by atoms with Crippen molar-refractivity contribution in [3.63, 3.8) is 0 Å². The lowest BCUT2D eigenvalue weighted by atomic mass is 9.93. The van der Waals surface area contributed by atoms with Crippen LogP contribution in [0.5, 0.6) is 11.5 Å². The Morgan fingerprint density at radius 1 is 1.15 bits per heavy atom. The fourth-order valence-corrected chi connectivity index (χ4v) is 7.51. The molecule has 1 atom stereocenters. The van der Waals surface area contributed by atoms with Gasteiger partial charge in [0.05, 0.1) is 32.9 Å². The molecule has 0 fully saturated rings. The second-order valence-corrected chi connectivity index (χ2v) is 12.9. The Balaban J connectivity index is 1.40. The van der Waals surface area contributed by atoms with E-state index in [9.17, 15) is 14.4 Å². The second kappa shape index (κ2) is 12.3. The van der Waals surface area contributed by atoms with E-state index in [1.54, 1.807) is 44.2 Å². The van der Waals surface area contributed by atoms with Crippen LogP contribution < -0.4 is 29.9 Å². The molecule has 2 aliphatic heterocycles. The van der Waals surface area contributed by atoms with Gasteiger partial charge in [-0.05, 0) is 65.3 Å². The summed E-state index contributed by atoms with van der Waals surface area (Å²) in [6, 6.07) is 16.9. The first-order valence-electron chi connectivity index (χ1n) is 14.0. The van der Waals surface area contributed by atoms with Crippen LogP contribution in [0.3, 0.4) is 0 Å². The average molecular weight is 720 g/mol. The molecule has 2 aromatic carbocycles. The van der Waals surface area contributed by atoms with E-state index in [1.807, 2.05) is 30.3 Å². The number of aryl methyl sites for hydroxylation is 1. The van der Waals surface area contributed by atoms with Gasteiger partial charge >= 0.3 is 5.97 Å². The Morgan fingerprint density at radius 2 is 1.96 bits per heavy atom. The highest BCUT2D eigenvalue weighted by atomic mass is 79.9. The molecular formula is C32H23BrN4O7S2. The third-order valence-electron chi connectivity index (χ3n) is 7.07. The number of fused-ring (bicyclic) bond motifs is 2. The maximum Gasteiger partial charge on any atom is 0.338 e. The first kappa shape index (κ1) is 30.0. The SMILES string of the molecule is CCOC(=O)C1=C(c2ccccc2)N=c2s/c(=C/c3cc(Br)c(Sc4nc(C)cc(=O)[nH]4)o3)c(=O)n2[C@H]1c1ccc2c(c1)OCO2. The number of furan rings is 1. The van der Waals surface area contributed by atoms with E-state index in [2.05, 4.69) is 25.9 Å². The van der Waals surface area contributed by atoms with Crippen LogP contribution in [0.4, 0.5) is 0 Å². The van der Waals surface area contributed by atoms with Crippen molar-refractivity contribution in [2.75, 3.05) is 13.4 Å². The monoisotopic (exact) mass is 718 g/mol. The van der Waals surface area contributed by atoms with Crippen LogP contribution in [0.15, 0.2) is 100.0 Å². The van der Waals surface area contributed by atoms with Gasteiger partial charge < -0.3 is 23.6 Å². The third-order valence-corrected chi connectivity index (χ3v) is 9.78. The van der Waals surface area contributed by atoms with Gasteiger partial charge in [-0.1, -0.05) is 47.7 Å². The smallest absolute Gasteiger partial charge is 0.338 e. The van der Waals surface area contributed by atoms with Crippen molar-refractivity contribution in [3.05, 3.63) is 123 Å². The minimum absolute atomic E-state index is 0.0758. The Morgan fingerprint density at radius 3 is 2.74 bits per heavy atom. The molecular weight excluding hydrogens is 696 g/mol. The Kier molecular flexibility index (Phi) is 8.01. The van der Waals surface area contributed by atoms with Crippen molar-refractivity contribution >= 4 is 56.8 Å². The summed E-state index contributed by atoms with van der Waals surface area (Å²) in [6.07, 6.45) is 1.62. The number of esters is 1. The van der Waals surface area contributed by atoms with Crippen LogP contribution in [0.25, 0.3) is 11.8 Å². The zero-order valence-electron chi connectivity index (χ0n) is 24.2. The number of halogens is 1. The highest BCUT2D eigenvalue weighted by Gasteiger charge is 2.36. The van der Waals surface area contributed by atoms with Crippen molar-refractivity contribution in [1.29, 1.82) is 0 Å². The van der Waals surface area contributed by atoms with Gasteiger partial charge in [0.25, 0.3) is 11.1 Å². The summed E-state index contributed by atoms with van der Waals surface area (Å²) in [5.74, 6) is 0.891. The molecule has 0 amide bonds. The summed E-state index contributed by atoms with van der Waals surface area (Å²) in [7, 11) is 0. The van der Waals surface area contributed by atoms with Crippen molar-refractivity contribution in [3.8, 4) is 11.5 Å². The Labute approximate surface area is 277 Å². The molecule has 5 heterocycles. The molecule has 0 saturated heterocycles. The summed E-state index contributed by atoms with van der Waals surface area (Å²) in [6.45, 7) is 3.68. The van der Waals surface area contributed by atoms with Gasteiger partial charge in [-0.2, -0.15) is 0 Å². The van der Waals surface area contributed by atoms with Crippen molar-refractivity contribution in [2.24, 2.45) is 4.99 Å². The highest BCUT2D eigenvalue weighted by molar-refractivity contribution is 9.10. The molecule has 0 bridgehead atoms. The number of H-pyrrole nitrogens is 1. The summed E-state index contributed by atoms with van der Waals surface area (Å²) < 4.78 is 25.2. The standard InChI is InChI=1S/C32H23BrN4O7S2/c1-3-41-29(40)25-26(17-7-5-4-6-8-17)36-32-37(27(25)18-9-10-21-22(12-18)43-15-42-21)28(39)23(45-32)14-19-13-20(33)30(44-19)46-31-34-16(2)11-24(38)35-31/h4-14,27H,3,15H2,1-2H3,(H,34,35,38)/b23-14+/t27-/m0/s1. The average Bonchev–Trinajstić information content (AvgIpc) is 3.73. The summed E-state index contributed by atoms with van der Waals surface area (Å²) >= 11 is 5.82. The number of rotatable bonds is 7. The second-order valence-electron chi connectivity index (χ2n) is 10.1. The molecule has 0 spiro atoms. The van der Waals surface area contributed by atoms with Crippen LogP contribution in [0.1, 0.15) is 35.5 Å². The molecule has 5 aromatic rings. The van der Waals surface area contributed by atoms with Crippen LogP contribution in [-0.2, 0) is 9.53 Å². The van der Waals surface area contributed by atoms with Gasteiger partial charge in [0.15, 0.2) is 26.5 Å². The fraction of sp³-hybridized carbons (Fsp3) is 0.156. The molecule has 2 aliphatic rings. The molecule has 3 aromatic heterocycles. The number of carbonyl (C=O) groups is 1. The van der Waals surface area contributed by atoms with Gasteiger partial charge in [-0.25, -0.2) is 14.8 Å². The maximum absolute atomic E-state index is 14.2. The molecule has 14 heteroatoms. The number of nitrogens with one attached hydrogen (secondary N) is 1. The van der Waals surface area contributed by atoms with Crippen molar-refractivity contribution < 1.29 is 23.4 Å². The molecule has 0 saturated carbocycles. The van der Waals surface area contributed by atoms with E-state index in [0.29, 0.717) is 63.8 Å². The quantitative estimate of drug-likeness (QED) is 0.190. The molecule has 0 radical (unpaired) electrons. The Hall–Kier alpha value is -4.66. The predicted octanol–water partition coefficient (Wildman–Crippen LogP) is 4.56. The first-order chi connectivity index (χ1) is 22.3. The molecule has 232 valence electrons. The van der Waals surface area contributed by atoms with E-state index < -0.39 is 12.0 Å². The number of carbonyl (C=O) groups excluding carboxylic acids is 1. The molecule has 11 nitrogen and oxygen atoms in total. The Bertz CT molecular complexity index is 2290. The number of benzene rings is 2. The molecule has 0 unspecified atom stereocenters. The lowest BCUT2D eigenvalue weighted by Crippen LogP contribution is -2.40. The largest absolute Gasteiger partial charge is 0.463 e. The normalized spacial score (nSPS) is 15.5. The highest BCUT2D eigenvalue weighted by Crippen LogP contribution is 2.40. The molecule has 46 heavy (non-hydrogen) atoms. The zero-order valence-corrected chi connectivity index (χ0v) is 27.5. The topological polar surface area (TPSA) is 138 Å². The number of ether oxygens (including phenoxy) is 3. The number of thiazole rings is 1. The lowest BCUT2D eigenvalue weighted by Gasteiger charge is -2.26. The lowest BCUT2D eigenvalue weighted by molar-refractivity contribution is -0.138. The van der Waals surface area contributed by atoms with Crippen molar-refractivity contribution in [1.82, 2.24) is 14.5 Å². The van der Waals surface area contributed by atoms with Gasteiger partial charge in [0, 0.05) is 23.4 Å². The molecule has 1 N–H and O–H groups in total. The van der Waals surface area contributed by atoms with Crippen LogP contribution >= 0.6 is 39.0 Å². The van der Waals surface area contributed by atoms with Crippen LogP contribution in [0, 0.1) is 6.92 Å². The summed E-state index contributed by atoms with van der Waals surface area (Å²) in [5, 5.41) is 0.816. The van der Waals surface area contributed by atoms with E-state index in [-0.39, 0.29) is 30.1 Å². The minimum atomic E-state index is -0.874. The van der Waals surface area contributed by atoms with Crippen LogP contribution in [-0.4, -0.2) is 33.9 Å². The molecule has 7 rings (SSSR count). The number of hydrogen-bond acceptors (Lipinski definition) is 11. The minimum Gasteiger partial charge on any atom is -0.463 e. The third kappa shape index (κ3) is 5.63. The predicted molar refractivity (Wildman–Crippen MR) is 174 cm³/mol. The van der Waals surface area contributed by atoms with Crippen molar-refractivity contribution in [2.45, 2.75) is 30.1 Å². The molecule has 0 aliphatic carbocycles. The summed E-state index contributed by atoms with van der Waals surface area (Å²) in [4.78, 5) is 52.1. The van der Waals surface area contributed by atoms with E-state index in [4.69, 9.17) is 23.6 Å². The summed E-state index contributed by atoms with van der Waals surface area (Å²) in [5.41, 5.74) is 1.90. The number of aromatic nitrogens is 3. The van der Waals surface area contributed by atoms with E-state index in [0.717, 1.165) is 11.8 Å². The van der Waals surface area contributed by atoms with Gasteiger partial charge in [-0.15, -0.1) is 0 Å². The van der Waals surface area contributed by atoms with Gasteiger partial charge in [-0.3, -0.25) is 14.2 Å². The number of hydrogen-bond donors (Lipinski definition) is 1. The fourth-order valence-electron chi connectivity index (χ4n) is 5.17. The van der Waals surface area contributed by atoms with Crippen LogP contribution in [0.2, 0.25) is 0 Å². The first-order valence-corrected chi connectivity index (χ1v) is 16.4. The van der Waals surface area contributed by atoms with E-state index in [1.165, 1.54) is 22.0 Å². The zero-order chi connectivity index (χ0) is 31.9. The number of nitrogens with zero attached hydrogens (tertiary/aromatic N) is 3. The number of aromatic amines is 1.